The fraction of sp³-hybridized carbons (Fsp3) is 0.588. The second-order valence-corrected chi connectivity index (χ2v) is 16.1. The van der Waals surface area contributed by atoms with Crippen LogP contribution in [0.25, 0.3) is 0 Å². The van der Waals surface area contributed by atoms with E-state index in [0.29, 0.717) is 36.0 Å². The van der Waals surface area contributed by atoms with Gasteiger partial charge < -0.3 is 30.6 Å². The Hall–Kier alpha value is -4.00. The van der Waals surface area contributed by atoms with Crippen LogP contribution in [0.15, 0.2) is 36.4 Å². The van der Waals surface area contributed by atoms with Crippen molar-refractivity contribution in [3.05, 3.63) is 86.5 Å². The molecule has 0 spiro atoms. The van der Waals surface area contributed by atoms with E-state index in [1.165, 1.54) is 0 Å². The average Bonchev–Trinajstić information content (AvgIpc) is 3.21. The van der Waals surface area contributed by atoms with Crippen LogP contribution in [0.3, 0.4) is 0 Å². The number of aryl methyl sites for hydroxylation is 6. The third kappa shape index (κ3) is 22.1. The fourth-order valence-corrected chi connectivity index (χ4v) is 7.17. The number of benzene rings is 3. The number of hydrogen-bond donors (Lipinski definition) is 3. The van der Waals surface area contributed by atoms with Gasteiger partial charge in [-0.25, -0.2) is 14.4 Å². The Kier molecular flexibility index (Phi) is 31.4. The third-order valence-electron chi connectivity index (χ3n) is 10.7. The number of carboxylic acids is 3. The van der Waals surface area contributed by atoms with Crippen molar-refractivity contribution in [2.75, 3.05) is 0 Å². The van der Waals surface area contributed by atoms with Gasteiger partial charge in [-0.15, -0.1) is 0 Å². The number of aromatic carboxylic acids is 3. The van der Waals surface area contributed by atoms with Gasteiger partial charge in [0.15, 0.2) is 0 Å². The molecule has 0 aliphatic heterocycles. The molecule has 0 atom stereocenters. The predicted molar refractivity (Wildman–Crippen MR) is 244 cm³/mol. The Balaban J connectivity index is 0.000000878. The fourth-order valence-electron chi connectivity index (χ4n) is 7.17. The molecule has 0 bridgehead atoms. The van der Waals surface area contributed by atoms with Crippen LogP contribution >= 0.6 is 0 Å². The van der Waals surface area contributed by atoms with E-state index < -0.39 is 17.9 Å². The second kappa shape index (κ2) is 33.6. The topological polar surface area (TPSA) is 181 Å². The summed E-state index contributed by atoms with van der Waals surface area (Å²) in [7, 11) is 0. The van der Waals surface area contributed by atoms with E-state index in [1.807, 2.05) is 18.2 Å². The molecule has 0 saturated heterocycles. The average molecular weight is 859 g/mol. The first-order valence-corrected chi connectivity index (χ1v) is 23.0. The quantitative estimate of drug-likeness (QED) is 0.0496. The summed E-state index contributed by atoms with van der Waals surface area (Å²) in [6, 6.07) is 10.4. The van der Waals surface area contributed by atoms with Gasteiger partial charge >= 0.3 is 35.3 Å². The standard InChI is InChI=1S/3C17H26O3.Al/c3*1-3-5-7-9-13-11-14(10-8-6-4-2)16(18)15(12-13)17(19)20;/h3*11-12,18H,3-10H2,1-2H3,(H,19,20);/q;;;+3/p-3. The van der Waals surface area contributed by atoms with Gasteiger partial charge in [-0.1, -0.05) is 171 Å². The van der Waals surface area contributed by atoms with Crippen LogP contribution in [-0.4, -0.2) is 50.6 Å². The van der Waals surface area contributed by atoms with Gasteiger partial charge in [0.25, 0.3) is 0 Å². The van der Waals surface area contributed by atoms with E-state index in [2.05, 4.69) is 41.5 Å². The molecule has 0 radical (unpaired) electrons. The van der Waals surface area contributed by atoms with Crippen molar-refractivity contribution in [1.29, 1.82) is 0 Å². The van der Waals surface area contributed by atoms with Crippen molar-refractivity contribution >= 4 is 35.3 Å². The summed E-state index contributed by atoms with van der Waals surface area (Å²) < 4.78 is 0. The molecule has 0 aromatic heterocycles. The van der Waals surface area contributed by atoms with Gasteiger partial charge in [-0.2, -0.15) is 0 Å². The smallest absolute Gasteiger partial charge is 0.872 e. The molecule has 61 heavy (non-hydrogen) atoms. The van der Waals surface area contributed by atoms with Crippen LogP contribution in [0.5, 0.6) is 17.2 Å². The first kappa shape index (κ1) is 57.0. The van der Waals surface area contributed by atoms with Crippen LogP contribution in [0.1, 0.15) is 222 Å². The number of carboxylic acid groups (broad SMARTS) is 3. The summed E-state index contributed by atoms with van der Waals surface area (Å²) >= 11 is 0. The molecule has 3 aromatic carbocycles. The zero-order chi connectivity index (χ0) is 44.9. The summed E-state index contributed by atoms with van der Waals surface area (Å²) in [4.78, 5) is 33.6. The number of carbonyl (C=O) groups is 3. The van der Waals surface area contributed by atoms with E-state index in [9.17, 15) is 29.7 Å². The largest absolute Gasteiger partial charge is 3.00 e. The summed E-state index contributed by atoms with van der Waals surface area (Å²) in [5, 5.41) is 63.8. The molecule has 0 unspecified atom stereocenters. The van der Waals surface area contributed by atoms with Crippen LogP contribution in [0, 0.1) is 0 Å². The molecule has 0 aliphatic carbocycles. The van der Waals surface area contributed by atoms with Gasteiger partial charge in [-0.05, 0) is 112 Å². The molecule has 3 N–H and O–H groups in total. The minimum absolute atomic E-state index is 0. The first-order valence-electron chi connectivity index (χ1n) is 23.0. The van der Waals surface area contributed by atoms with Crippen LogP contribution in [0.4, 0.5) is 0 Å². The normalized spacial score (nSPS) is 10.5. The minimum atomic E-state index is -1.11. The van der Waals surface area contributed by atoms with Crippen molar-refractivity contribution in [1.82, 2.24) is 0 Å². The summed E-state index contributed by atoms with van der Waals surface area (Å²) in [5.74, 6) is -4.22. The first-order chi connectivity index (χ1) is 28.8. The minimum Gasteiger partial charge on any atom is -0.872 e. The van der Waals surface area contributed by atoms with Crippen molar-refractivity contribution in [2.45, 2.75) is 196 Å². The molecule has 3 aromatic rings. The Morgan fingerprint density at radius 1 is 0.361 bits per heavy atom. The molecule has 0 saturated carbocycles. The van der Waals surface area contributed by atoms with Gasteiger partial charge in [0.05, 0.1) is 16.7 Å². The van der Waals surface area contributed by atoms with Gasteiger partial charge in [0, 0.05) is 0 Å². The molecule has 0 aliphatic rings. The van der Waals surface area contributed by atoms with Crippen molar-refractivity contribution in [3.63, 3.8) is 0 Å². The van der Waals surface area contributed by atoms with Crippen LogP contribution in [-0.2, 0) is 38.5 Å². The maximum absolute atomic E-state index is 12.1. The summed E-state index contributed by atoms with van der Waals surface area (Å²) in [6.07, 6.45) is 23.9. The molecule has 3 rings (SSSR count). The van der Waals surface area contributed by atoms with Crippen LogP contribution < -0.4 is 15.3 Å². The monoisotopic (exact) mass is 859 g/mol. The zero-order valence-corrected chi connectivity index (χ0v) is 39.5. The van der Waals surface area contributed by atoms with Crippen molar-refractivity contribution in [2.24, 2.45) is 0 Å². The van der Waals surface area contributed by atoms with E-state index in [4.69, 9.17) is 15.3 Å². The van der Waals surface area contributed by atoms with Gasteiger partial charge in [0.2, 0.25) is 0 Å². The predicted octanol–water partition coefficient (Wildman–Crippen LogP) is 11.4. The molecular formula is C51H75AlO9. The molecule has 9 nitrogen and oxygen atoms in total. The Morgan fingerprint density at radius 3 is 0.738 bits per heavy atom. The van der Waals surface area contributed by atoms with Crippen LogP contribution in [0.2, 0.25) is 0 Å². The zero-order valence-electron chi connectivity index (χ0n) is 38.3. The number of hydrogen-bond acceptors (Lipinski definition) is 6. The Labute approximate surface area is 378 Å². The molecule has 10 heteroatoms. The molecule has 0 heterocycles. The van der Waals surface area contributed by atoms with Gasteiger partial charge in [-0.3, -0.25) is 0 Å². The molecule has 0 fully saturated rings. The maximum atomic E-state index is 12.1. The summed E-state index contributed by atoms with van der Waals surface area (Å²) in [5.41, 5.74) is 4.78. The van der Waals surface area contributed by atoms with E-state index >= 15 is 0 Å². The van der Waals surface area contributed by atoms with Crippen molar-refractivity contribution < 1.29 is 45.0 Å². The second-order valence-electron chi connectivity index (χ2n) is 16.1. The Morgan fingerprint density at radius 2 is 0.557 bits per heavy atom. The van der Waals surface area contributed by atoms with E-state index in [0.717, 1.165) is 152 Å². The van der Waals surface area contributed by atoms with E-state index in [-0.39, 0.29) is 51.3 Å². The maximum Gasteiger partial charge on any atom is 3.00 e. The third-order valence-corrected chi connectivity index (χ3v) is 10.7. The number of unbranched alkanes of at least 4 members (excludes halogenated alkanes) is 12. The Bertz CT molecular complexity index is 1520. The summed E-state index contributed by atoms with van der Waals surface area (Å²) in [6.45, 7) is 12.8. The van der Waals surface area contributed by atoms with Gasteiger partial charge in [0.1, 0.15) is 0 Å². The number of rotatable bonds is 27. The van der Waals surface area contributed by atoms with Crippen molar-refractivity contribution in [3.8, 4) is 17.2 Å². The SMILES string of the molecule is CCCCCc1cc(CCCCC)c([O-])c(C(=O)O)c1.CCCCCc1cc(CCCCC)c([O-])c(C(=O)O)c1.CCCCCc1cc(CCCCC)c([O-])c(C(=O)O)c1.[Al+3]. The molecule has 0 amide bonds. The molecule has 336 valence electrons. The molecular weight excluding hydrogens is 784 g/mol. The van der Waals surface area contributed by atoms with E-state index in [1.54, 1.807) is 18.2 Å².